The molecule has 2 fully saturated rings. The molecular weight excluding hydrogens is 320 g/mol. The molecule has 1 spiro atoms. The molecule has 0 saturated carbocycles. The average Bonchev–Trinajstić information content (AvgIpc) is 2.86. The molecule has 2 amide bonds. The minimum absolute atomic E-state index is 0.0184. The Hall–Kier alpha value is -2.90. The van der Waals surface area contributed by atoms with Gasteiger partial charge in [-0.15, -0.1) is 0 Å². The van der Waals surface area contributed by atoms with E-state index in [9.17, 15) is 4.79 Å². The highest BCUT2D eigenvalue weighted by molar-refractivity contribution is 5.79. The van der Waals surface area contributed by atoms with Gasteiger partial charge in [0.05, 0.1) is 16.8 Å². The minimum atomic E-state index is -0.143. The van der Waals surface area contributed by atoms with E-state index in [1.54, 1.807) is 11.1 Å². The van der Waals surface area contributed by atoms with Crippen LogP contribution in [0.25, 0.3) is 0 Å². The van der Waals surface area contributed by atoms with E-state index < -0.39 is 0 Å². The van der Waals surface area contributed by atoms with Crippen molar-refractivity contribution < 1.29 is 9.53 Å². The predicted molar refractivity (Wildman–Crippen MR) is 91.9 cm³/mol. The highest BCUT2D eigenvalue weighted by atomic mass is 16.5. The first-order chi connectivity index (χ1) is 12.0. The molecule has 0 bridgehead atoms. The molecule has 0 unspecified atom stereocenters. The molecular formula is C17H20N6O2. The summed E-state index contributed by atoms with van der Waals surface area (Å²) in [5.74, 6) is 2.04. The number of urea groups is 1. The smallest absolute Gasteiger partial charge is 0.317 e. The number of carbonyl (C=O) groups is 1. The SMILES string of the molecule is Cc1ncccc1Oc1ncnc(N2CC3(CNC(=O)N3C)C2)c1C. The van der Waals surface area contributed by atoms with Crippen molar-refractivity contribution in [3.63, 3.8) is 0 Å². The van der Waals surface area contributed by atoms with Gasteiger partial charge in [0.2, 0.25) is 5.88 Å². The summed E-state index contributed by atoms with van der Waals surface area (Å²) in [6, 6.07) is 3.68. The van der Waals surface area contributed by atoms with Gasteiger partial charge in [0, 0.05) is 32.9 Å². The molecule has 0 aliphatic carbocycles. The normalized spacial score (nSPS) is 18.3. The maximum Gasteiger partial charge on any atom is 0.317 e. The summed E-state index contributed by atoms with van der Waals surface area (Å²) in [5.41, 5.74) is 1.54. The highest BCUT2D eigenvalue weighted by Gasteiger charge is 2.52. The van der Waals surface area contributed by atoms with Gasteiger partial charge in [-0.1, -0.05) is 0 Å². The monoisotopic (exact) mass is 340 g/mol. The van der Waals surface area contributed by atoms with Gasteiger partial charge in [-0.3, -0.25) is 4.98 Å². The number of hydrogen-bond donors (Lipinski definition) is 1. The highest BCUT2D eigenvalue weighted by Crippen LogP contribution is 2.36. The molecule has 25 heavy (non-hydrogen) atoms. The van der Waals surface area contributed by atoms with E-state index in [-0.39, 0.29) is 11.6 Å². The van der Waals surface area contributed by atoms with Gasteiger partial charge in [0.1, 0.15) is 12.1 Å². The molecule has 2 aromatic heterocycles. The third kappa shape index (κ3) is 2.45. The van der Waals surface area contributed by atoms with Crippen molar-refractivity contribution >= 4 is 11.8 Å². The van der Waals surface area contributed by atoms with Gasteiger partial charge in [-0.2, -0.15) is 0 Å². The van der Waals surface area contributed by atoms with Crippen LogP contribution in [-0.2, 0) is 0 Å². The van der Waals surface area contributed by atoms with Crippen LogP contribution in [0.1, 0.15) is 11.3 Å². The number of carbonyl (C=O) groups excluding carboxylic acids is 1. The van der Waals surface area contributed by atoms with Gasteiger partial charge in [-0.25, -0.2) is 14.8 Å². The second kappa shape index (κ2) is 5.58. The molecule has 2 aliphatic heterocycles. The Labute approximate surface area is 145 Å². The van der Waals surface area contributed by atoms with Crippen LogP contribution >= 0.6 is 0 Å². The largest absolute Gasteiger partial charge is 0.437 e. The zero-order chi connectivity index (χ0) is 17.6. The van der Waals surface area contributed by atoms with E-state index in [0.717, 1.165) is 30.2 Å². The molecule has 0 aromatic carbocycles. The fourth-order valence-corrected chi connectivity index (χ4v) is 3.36. The summed E-state index contributed by atoms with van der Waals surface area (Å²) in [4.78, 5) is 28.6. The van der Waals surface area contributed by atoms with Gasteiger partial charge in [0.25, 0.3) is 0 Å². The Balaban J connectivity index is 1.55. The van der Waals surface area contributed by atoms with E-state index >= 15 is 0 Å². The van der Waals surface area contributed by atoms with E-state index in [1.165, 1.54) is 6.33 Å². The standard InChI is InChI=1S/C17H20N6O2/c1-11-14(23-8-17(9-23)7-19-16(24)22(17)3)20-10-21-15(11)25-13-5-4-6-18-12(13)2/h4-6,10H,7-9H2,1-3H3,(H,19,24). The first-order valence-corrected chi connectivity index (χ1v) is 8.18. The van der Waals surface area contributed by atoms with E-state index in [2.05, 4.69) is 25.2 Å². The van der Waals surface area contributed by atoms with Crippen molar-refractivity contribution in [1.29, 1.82) is 0 Å². The van der Waals surface area contributed by atoms with Crippen LogP contribution in [0.4, 0.5) is 10.6 Å². The summed E-state index contributed by atoms with van der Waals surface area (Å²) >= 11 is 0. The van der Waals surface area contributed by atoms with Crippen LogP contribution in [-0.4, -0.2) is 58.1 Å². The number of rotatable bonds is 3. The van der Waals surface area contributed by atoms with Crippen LogP contribution in [0.2, 0.25) is 0 Å². The van der Waals surface area contributed by atoms with Crippen molar-refractivity contribution in [2.45, 2.75) is 19.4 Å². The second-order valence-corrected chi connectivity index (χ2v) is 6.61. The van der Waals surface area contributed by atoms with Crippen molar-refractivity contribution in [3.05, 3.63) is 35.9 Å². The summed E-state index contributed by atoms with van der Waals surface area (Å²) in [6.45, 7) is 5.99. The maximum atomic E-state index is 11.7. The molecule has 8 nitrogen and oxygen atoms in total. The number of hydrogen-bond acceptors (Lipinski definition) is 6. The Morgan fingerprint density at radius 1 is 1.24 bits per heavy atom. The number of pyridine rings is 1. The number of anilines is 1. The van der Waals surface area contributed by atoms with Crippen LogP contribution in [0.15, 0.2) is 24.7 Å². The molecule has 130 valence electrons. The Morgan fingerprint density at radius 2 is 2.04 bits per heavy atom. The first-order valence-electron chi connectivity index (χ1n) is 8.18. The lowest BCUT2D eigenvalue weighted by Gasteiger charge is -2.51. The molecule has 1 N–H and O–H groups in total. The van der Waals surface area contributed by atoms with Gasteiger partial charge < -0.3 is 19.9 Å². The molecule has 0 radical (unpaired) electrons. The lowest BCUT2D eigenvalue weighted by Crippen LogP contribution is -2.69. The lowest BCUT2D eigenvalue weighted by atomic mass is 9.89. The molecule has 2 saturated heterocycles. The Kier molecular flexibility index (Phi) is 3.48. The summed E-state index contributed by atoms with van der Waals surface area (Å²) in [6.07, 6.45) is 3.24. The summed E-state index contributed by atoms with van der Waals surface area (Å²) in [5, 5.41) is 2.89. The zero-order valence-corrected chi connectivity index (χ0v) is 14.5. The van der Waals surface area contributed by atoms with Crippen molar-refractivity contribution in [3.8, 4) is 11.6 Å². The van der Waals surface area contributed by atoms with Crippen LogP contribution < -0.4 is 15.0 Å². The zero-order valence-electron chi connectivity index (χ0n) is 14.5. The first kappa shape index (κ1) is 15.6. The molecule has 0 atom stereocenters. The summed E-state index contributed by atoms with van der Waals surface area (Å²) in [7, 11) is 1.84. The van der Waals surface area contributed by atoms with Crippen LogP contribution in [0.3, 0.4) is 0 Å². The second-order valence-electron chi connectivity index (χ2n) is 6.61. The average molecular weight is 340 g/mol. The number of likely N-dealkylation sites (N-methyl/N-ethyl adjacent to an activating group) is 1. The number of aromatic nitrogens is 3. The van der Waals surface area contributed by atoms with Crippen molar-refractivity contribution in [2.24, 2.45) is 0 Å². The van der Waals surface area contributed by atoms with E-state index in [4.69, 9.17) is 4.74 Å². The topological polar surface area (TPSA) is 83.5 Å². The Morgan fingerprint density at radius 3 is 2.72 bits per heavy atom. The number of aryl methyl sites for hydroxylation is 1. The van der Waals surface area contributed by atoms with Crippen LogP contribution in [0, 0.1) is 13.8 Å². The van der Waals surface area contributed by atoms with Crippen molar-refractivity contribution in [2.75, 3.05) is 31.6 Å². The molecule has 2 aliphatic rings. The van der Waals surface area contributed by atoms with Gasteiger partial charge in [-0.05, 0) is 26.0 Å². The van der Waals surface area contributed by atoms with Crippen molar-refractivity contribution in [1.82, 2.24) is 25.2 Å². The quantitative estimate of drug-likeness (QED) is 0.911. The Bertz CT molecular complexity index is 834. The fraction of sp³-hybridized carbons (Fsp3) is 0.412. The van der Waals surface area contributed by atoms with Gasteiger partial charge >= 0.3 is 6.03 Å². The molecule has 2 aromatic rings. The number of nitrogens with one attached hydrogen (secondary N) is 1. The maximum absolute atomic E-state index is 11.7. The summed E-state index contributed by atoms with van der Waals surface area (Å²) < 4.78 is 5.94. The minimum Gasteiger partial charge on any atom is -0.437 e. The van der Waals surface area contributed by atoms with E-state index in [0.29, 0.717) is 18.2 Å². The third-order valence-electron chi connectivity index (χ3n) is 5.03. The molecule has 8 heteroatoms. The third-order valence-corrected chi connectivity index (χ3v) is 5.03. The fourth-order valence-electron chi connectivity index (χ4n) is 3.36. The lowest BCUT2D eigenvalue weighted by molar-refractivity contribution is 0.151. The predicted octanol–water partition coefficient (Wildman–Crippen LogP) is 1.49. The van der Waals surface area contributed by atoms with Gasteiger partial charge in [0.15, 0.2) is 5.75 Å². The molecule has 4 rings (SSSR count). The van der Waals surface area contributed by atoms with Crippen LogP contribution in [0.5, 0.6) is 11.6 Å². The number of ether oxygens (including phenoxy) is 1. The molecule has 4 heterocycles. The number of amides is 2. The van der Waals surface area contributed by atoms with E-state index in [1.807, 2.05) is 33.0 Å². The number of nitrogens with zero attached hydrogens (tertiary/aromatic N) is 5.